The van der Waals surface area contributed by atoms with E-state index in [0.717, 1.165) is 43.8 Å². The summed E-state index contributed by atoms with van der Waals surface area (Å²) in [6.45, 7) is 8.89. The Morgan fingerprint density at radius 3 is 2.71 bits per heavy atom. The molecular formula is C32H44N4O5S. The fourth-order valence-electron chi connectivity index (χ4n) is 7.77. The summed E-state index contributed by atoms with van der Waals surface area (Å²) in [5.41, 5.74) is -0.451. The number of thioether (sulfide) groups is 1. The third-order valence-corrected chi connectivity index (χ3v) is 11.0. The molecule has 228 valence electrons. The van der Waals surface area contributed by atoms with Gasteiger partial charge in [0.1, 0.15) is 11.6 Å². The summed E-state index contributed by atoms with van der Waals surface area (Å²) in [7, 11) is 0. The van der Waals surface area contributed by atoms with Crippen LogP contribution in [0.25, 0.3) is 0 Å². The zero-order valence-electron chi connectivity index (χ0n) is 24.9. The van der Waals surface area contributed by atoms with Crippen molar-refractivity contribution in [2.24, 2.45) is 23.7 Å². The minimum atomic E-state index is -1.14. The minimum Gasteiger partial charge on any atom is -0.379 e. The van der Waals surface area contributed by atoms with E-state index in [1.54, 1.807) is 16.7 Å². The van der Waals surface area contributed by atoms with Gasteiger partial charge in [0, 0.05) is 42.8 Å². The van der Waals surface area contributed by atoms with Gasteiger partial charge >= 0.3 is 0 Å². The Kier molecular flexibility index (Phi) is 8.69. The molecule has 4 aliphatic heterocycles. The molecule has 8 atom stereocenters. The van der Waals surface area contributed by atoms with E-state index in [4.69, 9.17) is 9.47 Å². The number of rotatable bonds is 9. The lowest BCUT2D eigenvalue weighted by Crippen LogP contribution is -2.58. The number of likely N-dealkylation sites (tertiary alicyclic amines) is 1. The molecule has 1 aromatic rings. The molecule has 3 saturated heterocycles. The van der Waals surface area contributed by atoms with E-state index in [-0.39, 0.29) is 23.8 Å². The predicted octanol–water partition coefficient (Wildman–Crippen LogP) is 3.16. The van der Waals surface area contributed by atoms with Crippen LogP contribution >= 0.6 is 11.8 Å². The summed E-state index contributed by atoms with van der Waals surface area (Å²) < 4.78 is 12.0. The van der Waals surface area contributed by atoms with Gasteiger partial charge in [-0.25, -0.2) is 0 Å². The summed E-state index contributed by atoms with van der Waals surface area (Å²) in [4.78, 5) is 47.3. The minimum absolute atomic E-state index is 0.0624. The van der Waals surface area contributed by atoms with Crippen molar-refractivity contribution < 1.29 is 23.9 Å². The van der Waals surface area contributed by atoms with E-state index in [2.05, 4.69) is 29.4 Å². The second-order valence-electron chi connectivity index (χ2n) is 12.6. The molecule has 42 heavy (non-hydrogen) atoms. The maximum atomic E-state index is 14.3. The van der Waals surface area contributed by atoms with E-state index in [0.29, 0.717) is 37.3 Å². The van der Waals surface area contributed by atoms with E-state index in [1.807, 2.05) is 42.7 Å². The number of nitrogens with zero attached hydrogens (tertiary/aromatic N) is 2. The van der Waals surface area contributed by atoms with Crippen LogP contribution in [-0.4, -0.2) is 97.0 Å². The average molecular weight is 597 g/mol. The second kappa shape index (κ2) is 12.3. The normalized spacial score (nSPS) is 35.8. The smallest absolute Gasteiger partial charge is 0.246 e. The lowest BCUT2D eigenvalue weighted by atomic mass is 9.73. The third-order valence-electron chi connectivity index (χ3n) is 10.3. The number of carbonyl (C=O) groups is 3. The van der Waals surface area contributed by atoms with Crippen LogP contribution in [0.1, 0.15) is 39.5 Å². The van der Waals surface area contributed by atoms with Crippen LogP contribution in [-0.2, 0) is 23.9 Å². The summed E-state index contributed by atoms with van der Waals surface area (Å²) in [5, 5.41) is 6.38. The lowest BCUT2D eigenvalue weighted by Gasteiger charge is -2.38. The number of hydrogen-bond donors (Lipinski definition) is 2. The number of anilines is 1. The first-order valence-corrected chi connectivity index (χ1v) is 16.8. The van der Waals surface area contributed by atoms with Gasteiger partial charge < -0.3 is 25.0 Å². The van der Waals surface area contributed by atoms with Crippen molar-refractivity contribution in [1.29, 1.82) is 0 Å². The molecule has 1 spiro atoms. The average Bonchev–Trinajstić information content (AvgIpc) is 3.63. The van der Waals surface area contributed by atoms with Crippen LogP contribution in [0, 0.1) is 23.7 Å². The van der Waals surface area contributed by atoms with Crippen LogP contribution in [0.3, 0.4) is 0 Å². The molecule has 1 saturated carbocycles. The molecule has 3 amide bonds. The zero-order chi connectivity index (χ0) is 29.4. The molecule has 2 bridgehead atoms. The molecule has 1 aromatic carbocycles. The number of fused-ring (bicyclic) bond motifs is 1. The molecule has 4 fully saturated rings. The van der Waals surface area contributed by atoms with Crippen molar-refractivity contribution in [2.75, 3.05) is 51.0 Å². The number of hydrogen-bond acceptors (Lipinski definition) is 7. The zero-order valence-corrected chi connectivity index (χ0v) is 25.7. The highest BCUT2D eigenvalue weighted by Gasteiger charge is 2.72. The number of ether oxygens (including phenoxy) is 2. The Hall–Kier alpha value is -2.40. The number of morpholine rings is 1. The summed E-state index contributed by atoms with van der Waals surface area (Å²) in [6.07, 6.45) is 9.15. The molecule has 8 unspecified atom stereocenters. The van der Waals surface area contributed by atoms with Gasteiger partial charge in [-0.1, -0.05) is 44.9 Å². The van der Waals surface area contributed by atoms with Gasteiger partial charge in [-0.15, -0.1) is 11.8 Å². The lowest BCUT2D eigenvalue weighted by molar-refractivity contribution is -0.141. The maximum Gasteiger partial charge on any atom is 0.246 e. The standard InChI is InChI=1S/C32H44N4O5S/c1-20-7-4-10-24(21(20)2)34-30(38)28-32-12-11-25(41-32)26(29(37)33-22-8-5-9-23(19-22)42-3)27(32)31(39)36(28)14-6-13-35-15-17-40-18-16-35/h5,8-9,11-12,19-21,24-28H,4,6-7,10,13-18H2,1-3H3,(H,33,37)(H,34,38). The quantitative estimate of drug-likeness (QED) is 0.334. The third kappa shape index (κ3) is 5.40. The van der Waals surface area contributed by atoms with E-state index < -0.39 is 29.6 Å². The molecular weight excluding hydrogens is 552 g/mol. The Balaban J connectivity index is 1.25. The molecule has 0 aromatic heterocycles. The van der Waals surface area contributed by atoms with Gasteiger partial charge in [-0.2, -0.15) is 0 Å². The van der Waals surface area contributed by atoms with Gasteiger partial charge in [0.15, 0.2) is 0 Å². The number of amides is 3. The molecule has 6 rings (SSSR count). The first kappa shape index (κ1) is 29.7. The van der Waals surface area contributed by atoms with E-state index >= 15 is 0 Å². The van der Waals surface area contributed by atoms with Gasteiger partial charge in [-0.3, -0.25) is 19.3 Å². The molecule has 5 aliphatic rings. The first-order chi connectivity index (χ1) is 20.3. The summed E-state index contributed by atoms with van der Waals surface area (Å²) in [6, 6.07) is 6.94. The van der Waals surface area contributed by atoms with Crippen LogP contribution in [0.2, 0.25) is 0 Å². The van der Waals surface area contributed by atoms with Gasteiger partial charge in [0.2, 0.25) is 17.7 Å². The van der Waals surface area contributed by atoms with Gasteiger partial charge in [-0.05, 0) is 49.1 Å². The van der Waals surface area contributed by atoms with Crippen molar-refractivity contribution in [3.63, 3.8) is 0 Å². The fourth-order valence-corrected chi connectivity index (χ4v) is 8.23. The van der Waals surface area contributed by atoms with E-state index in [1.165, 1.54) is 6.42 Å². The molecule has 10 heteroatoms. The summed E-state index contributed by atoms with van der Waals surface area (Å²) in [5.74, 6) is -1.12. The van der Waals surface area contributed by atoms with Crippen LogP contribution in [0.15, 0.2) is 41.3 Å². The van der Waals surface area contributed by atoms with Crippen molar-refractivity contribution in [3.8, 4) is 0 Å². The molecule has 0 radical (unpaired) electrons. The highest BCUT2D eigenvalue weighted by Crippen LogP contribution is 2.55. The Morgan fingerprint density at radius 1 is 1.12 bits per heavy atom. The van der Waals surface area contributed by atoms with Gasteiger partial charge in [0.05, 0.1) is 31.2 Å². The Labute approximate surface area is 253 Å². The SMILES string of the molecule is CSc1cccc(NC(=O)C2C3C=CC4(O3)C2C(=O)N(CCCN2CCOCC2)C4C(=O)NC2CCCC(C)C2C)c1. The van der Waals surface area contributed by atoms with Crippen LogP contribution in [0.4, 0.5) is 5.69 Å². The number of benzene rings is 1. The van der Waals surface area contributed by atoms with Crippen LogP contribution < -0.4 is 10.6 Å². The van der Waals surface area contributed by atoms with Gasteiger partial charge in [0.25, 0.3) is 0 Å². The number of carbonyl (C=O) groups excluding carboxylic acids is 3. The maximum absolute atomic E-state index is 14.3. The van der Waals surface area contributed by atoms with Crippen molar-refractivity contribution in [3.05, 3.63) is 36.4 Å². The molecule has 4 heterocycles. The molecule has 2 N–H and O–H groups in total. The summed E-state index contributed by atoms with van der Waals surface area (Å²) >= 11 is 1.60. The Bertz CT molecular complexity index is 1220. The highest BCUT2D eigenvalue weighted by atomic mass is 32.2. The topological polar surface area (TPSA) is 100 Å². The van der Waals surface area contributed by atoms with Crippen molar-refractivity contribution >= 4 is 35.2 Å². The van der Waals surface area contributed by atoms with Crippen molar-refractivity contribution in [1.82, 2.24) is 15.1 Å². The van der Waals surface area contributed by atoms with Crippen molar-refractivity contribution in [2.45, 2.75) is 68.2 Å². The van der Waals surface area contributed by atoms with Crippen LogP contribution in [0.5, 0.6) is 0 Å². The Morgan fingerprint density at radius 2 is 1.93 bits per heavy atom. The predicted molar refractivity (Wildman–Crippen MR) is 162 cm³/mol. The largest absolute Gasteiger partial charge is 0.379 e. The molecule has 1 aliphatic carbocycles. The van der Waals surface area contributed by atoms with E-state index in [9.17, 15) is 14.4 Å². The molecule has 9 nitrogen and oxygen atoms in total. The highest BCUT2D eigenvalue weighted by molar-refractivity contribution is 7.98. The monoisotopic (exact) mass is 596 g/mol. The fraction of sp³-hybridized carbons (Fsp3) is 0.656. The number of nitrogens with one attached hydrogen (secondary N) is 2. The first-order valence-electron chi connectivity index (χ1n) is 15.6. The second-order valence-corrected chi connectivity index (χ2v) is 13.5.